The normalized spacial score (nSPS) is 24.2. The highest BCUT2D eigenvalue weighted by Gasteiger charge is 2.44. The van der Waals surface area contributed by atoms with Crippen molar-refractivity contribution in [1.82, 2.24) is 19.5 Å². The number of para-hydroxylation sites is 1. The molecule has 1 fully saturated rings. The Kier molecular flexibility index (Phi) is 5.52. The fourth-order valence-corrected chi connectivity index (χ4v) is 3.50. The van der Waals surface area contributed by atoms with Crippen molar-refractivity contribution in [1.29, 1.82) is 0 Å². The van der Waals surface area contributed by atoms with E-state index in [2.05, 4.69) is 20.3 Å². The molecule has 3 aromatic rings. The van der Waals surface area contributed by atoms with Crippen molar-refractivity contribution in [3.8, 4) is 5.75 Å². The lowest BCUT2D eigenvalue weighted by Crippen LogP contribution is -2.33. The first-order valence-corrected chi connectivity index (χ1v) is 9.29. The van der Waals surface area contributed by atoms with Crippen LogP contribution in [0.5, 0.6) is 5.75 Å². The Labute approximate surface area is 170 Å². The molecule has 1 unspecified atom stereocenters. The standard InChI is InChI=1S/C18H20ClN5O5/c1-28-10-5-3-2-4-9(10)6-20-15-12-16(23-18(19)22-15)24(8-21-12)17-14(27)13(26)11(7-25)29-17/h2-5,8,11,13-14,17,25-27H,6-7H2,1H3,(H,20,22,23)/t11-,13-,14-,17?/m1/s1. The molecule has 4 N–H and O–H groups in total. The summed E-state index contributed by atoms with van der Waals surface area (Å²) in [5.41, 5.74) is 1.66. The van der Waals surface area contributed by atoms with Crippen molar-refractivity contribution in [2.75, 3.05) is 19.0 Å². The number of aliphatic hydroxyl groups is 3. The Morgan fingerprint density at radius 3 is 2.76 bits per heavy atom. The zero-order valence-corrected chi connectivity index (χ0v) is 16.2. The molecule has 1 aromatic carbocycles. The topological polar surface area (TPSA) is 135 Å². The second kappa shape index (κ2) is 8.09. The summed E-state index contributed by atoms with van der Waals surface area (Å²) in [7, 11) is 1.60. The molecule has 0 aliphatic carbocycles. The minimum absolute atomic E-state index is 0.0199. The van der Waals surface area contributed by atoms with Gasteiger partial charge in [-0.2, -0.15) is 9.97 Å². The Bertz CT molecular complexity index is 1020. The summed E-state index contributed by atoms with van der Waals surface area (Å²) in [6.07, 6.45) is -2.95. The van der Waals surface area contributed by atoms with Crippen LogP contribution in [0.2, 0.25) is 5.28 Å². The molecular weight excluding hydrogens is 402 g/mol. The third-order valence-corrected chi connectivity index (χ3v) is 4.99. The predicted octanol–water partition coefficient (Wildman–Crippen LogP) is 0.712. The van der Waals surface area contributed by atoms with E-state index in [1.54, 1.807) is 7.11 Å². The van der Waals surface area contributed by atoms with E-state index >= 15 is 0 Å². The molecule has 4 rings (SSSR count). The van der Waals surface area contributed by atoms with E-state index in [9.17, 15) is 15.3 Å². The van der Waals surface area contributed by atoms with Gasteiger partial charge < -0.3 is 30.1 Å². The average Bonchev–Trinajstić information content (AvgIpc) is 3.27. The number of nitrogens with zero attached hydrogens (tertiary/aromatic N) is 4. The number of aliphatic hydroxyl groups excluding tert-OH is 3. The fraction of sp³-hybridized carbons (Fsp3) is 0.389. The van der Waals surface area contributed by atoms with Gasteiger partial charge in [0.1, 0.15) is 24.1 Å². The Morgan fingerprint density at radius 1 is 1.24 bits per heavy atom. The smallest absolute Gasteiger partial charge is 0.226 e. The van der Waals surface area contributed by atoms with Gasteiger partial charge in [0.25, 0.3) is 0 Å². The van der Waals surface area contributed by atoms with Gasteiger partial charge in [0.2, 0.25) is 5.28 Å². The number of nitrogens with one attached hydrogen (secondary N) is 1. The molecule has 0 saturated carbocycles. The maximum Gasteiger partial charge on any atom is 0.226 e. The van der Waals surface area contributed by atoms with E-state index in [0.29, 0.717) is 23.5 Å². The summed E-state index contributed by atoms with van der Waals surface area (Å²) in [6, 6.07) is 7.56. The molecule has 1 aliphatic rings. The number of hydrogen-bond acceptors (Lipinski definition) is 9. The third-order valence-electron chi connectivity index (χ3n) is 4.82. The number of benzene rings is 1. The summed E-state index contributed by atoms with van der Waals surface area (Å²) in [5.74, 6) is 1.13. The molecule has 154 valence electrons. The number of hydrogen-bond donors (Lipinski definition) is 4. The fourth-order valence-electron chi connectivity index (χ4n) is 3.34. The number of halogens is 1. The van der Waals surface area contributed by atoms with E-state index in [1.807, 2.05) is 24.3 Å². The van der Waals surface area contributed by atoms with Crippen LogP contribution >= 0.6 is 11.6 Å². The number of rotatable bonds is 6. The molecule has 0 amide bonds. The highest BCUT2D eigenvalue weighted by Crippen LogP contribution is 2.33. The van der Waals surface area contributed by atoms with Crippen molar-refractivity contribution >= 4 is 28.6 Å². The quantitative estimate of drug-likeness (QED) is 0.424. The Hall–Kier alpha value is -2.50. The minimum Gasteiger partial charge on any atom is -0.496 e. The van der Waals surface area contributed by atoms with Gasteiger partial charge in [0, 0.05) is 12.1 Å². The minimum atomic E-state index is -1.26. The van der Waals surface area contributed by atoms with Crippen molar-refractivity contribution in [2.45, 2.75) is 31.1 Å². The van der Waals surface area contributed by atoms with Gasteiger partial charge in [-0.15, -0.1) is 0 Å². The van der Waals surface area contributed by atoms with Crippen molar-refractivity contribution in [3.63, 3.8) is 0 Å². The molecule has 2 aromatic heterocycles. The molecule has 1 saturated heterocycles. The molecule has 0 spiro atoms. The number of ether oxygens (including phenoxy) is 2. The van der Waals surface area contributed by atoms with Gasteiger partial charge in [-0.05, 0) is 17.7 Å². The molecule has 0 bridgehead atoms. The molecule has 0 radical (unpaired) electrons. The summed E-state index contributed by atoms with van der Waals surface area (Å²) >= 11 is 6.10. The van der Waals surface area contributed by atoms with Crippen LogP contribution in [0.3, 0.4) is 0 Å². The molecule has 1 aliphatic heterocycles. The number of fused-ring (bicyclic) bond motifs is 1. The van der Waals surface area contributed by atoms with Crippen LogP contribution in [-0.2, 0) is 11.3 Å². The number of anilines is 1. The first kappa shape index (κ1) is 19.8. The van der Waals surface area contributed by atoms with Gasteiger partial charge in [-0.3, -0.25) is 4.57 Å². The molecule has 29 heavy (non-hydrogen) atoms. The highest BCUT2D eigenvalue weighted by molar-refractivity contribution is 6.28. The van der Waals surface area contributed by atoms with Crippen LogP contribution < -0.4 is 10.1 Å². The van der Waals surface area contributed by atoms with E-state index in [4.69, 9.17) is 21.1 Å². The number of methoxy groups -OCH3 is 1. The van der Waals surface area contributed by atoms with Gasteiger partial charge in [-0.25, -0.2) is 4.98 Å². The van der Waals surface area contributed by atoms with Crippen LogP contribution in [0, 0.1) is 0 Å². The lowest BCUT2D eigenvalue weighted by atomic mass is 10.1. The molecule has 4 atom stereocenters. The third kappa shape index (κ3) is 3.61. The van der Waals surface area contributed by atoms with Crippen molar-refractivity contribution in [3.05, 3.63) is 41.4 Å². The lowest BCUT2D eigenvalue weighted by molar-refractivity contribution is -0.0511. The van der Waals surface area contributed by atoms with Crippen LogP contribution in [0.15, 0.2) is 30.6 Å². The van der Waals surface area contributed by atoms with E-state index in [-0.39, 0.29) is 5.28 Å². The van der Waals surface area contributed by atoms with Gasteiger partial charge in [0.15, 0.2) is 23.2 Å². The van der Waals surface area contributed by atoms with Crippen LogP contribution in [0.1, 0.15) is 11.8 Å². The monoisotopic (exact) mass is 421 g/mol. The zero-order valence-electron chi connectivity index (χ0n) is 15.4. The van der Waals surface area contributed by atoms with Crippen LogP contribution in [0.25, 0.3) is 11.2 Å². The lowest BCUT2D eigenvalue weighted by Gasteiger charge is -2.16. The van der Waals surface area contributed by atoms with E-state index < -0.39 is 31.1 Å². The maximum absolute atomic E-state index is 10.3. The molecule has 11 heteroatoms. The number of imidazole rings is 1. The SMILES string of the molecule is COc1ccccc1CNc1nc(Cl)nc2c1ncn2C1O[C@H](CO)[C@@H](O)[C@H]1O. The van der Waals surface area contributed by atoms with Crippen molar-refractivity contribution in [2.24, 2.45) is 0 Å². The molecule has 3 heterocycles. The Morgan fingerprint density at radius 2 is 2.03 bits per heavy atom. The largest absolute Gasteiger partial charge is 0.496 e. The second-order valence-electron chi connectivity index (χ2n) is 6.56. The van der Waals surface area contributed by atoms with Crippen LogP contribution in [0.4, 0.5) is 5.82 Å². The second-order valence-corrected chi connectivity index (χ2v) is 6.90. The average molecular weight is 422 g/mol. The zero-order chi connectivity index (χ0) is 20.5. The van der Waals surface area contributed by atoms with E-state index in [1.165, 1.54) is 10.9 Å². The summed E-state index contributed by atoms with van der Waals surface area (Å²) in [5, 5.41) is 32.8. The Balaban J connectivity index is 1.65. The summed E-state index contributed by atoms with van der Waals surface area (Å²) in [4.78, 5) is 12.7. The predicted molar refractivity (Wildman–Crippen MR) is 104 cm³/mol. The molecular formula is C18H20ClN5O5. The van der Waals surface area contributed by atoms with Crippen molar-refractivity contribution < 1.29 is 24.8 Å². The van der Waals surface area contributed by atoms with E-state index in [0.717, 1.165) is 11.3 Å². The van der Waals surface area contributed by atoms with Gasteiger partial charge in [-0.1, -0.05) is 18.2 Å². The first-order valence-electron chi connectivity index (χ1n) is 8.91. The van der Waals surface area contributed by atoms with Gasteiger partial charge >= 0.3 is 0 Å². The maximum atomic E-state index is 10.3. The first-order chi connectivity index (χ1) is 14.0. The summed E-state index contributed by atoms with van der Waals surface area (Å²) in [6.45, 7) is -0.0179. The summed E-state index contributed by atoms with van der Waals surface area (Å²) < 4.78 is 12.4. The van der Waals surface area contributed by atoms with Gasteiger partial charge in [0.05, 0.1) is 20.0 Å². The number of aromatic nitrogens is 4. The molecule has 10 nitrogen and oxygen atoms in total. The van der Waals surface area contributed by atoms with Crippen LogP contribution in [-0.4, -0.2) is 66.9 Å². The highest BCUT2D eigenvalue weighted by atomic mass is 35.5.